The maximum absolute atomic E-state index is 12.9. The summed E-state index contributed by atoms with van der Waals surface area (Å²) < 4.78 is 11.6. The number of nitrogens with one attached hydrogen (secondary N) is 1. The topological polar surface area (TPSA) is 72.5 Å². The summed E-state index contributed by atoms with van der Waals surface area (Å²) in [5.41, 5.74) is 4.21. The van der Waals surface area contributed by atoms with Crippen LogP contribution in [0.1, 0.15) is 21.5 Å². The van der Waals surface area contributed by atoms with Crippen molar-refractivity contribution in [2.24, 2.45) is 0 Å². The summed E-state index contributed by atoms with van der Waals surface area (Å²) in [6.45, 7) is 3.91. The predicted octanol–water partition coefficient (Wildman–Crippen LogP) is 6.08. The molecule has 0 fully saturated rings. The van der Waals surface area contributed by atoms with Gasteiger partial charge in [0.15, 0.2) is 5.76 Å². The summed E-state index contributed by atoms with van der Waals surface area (Å²) in [5, 5.41) is 4.53. The van der Waals surface area contributed by atoms with E-state index < -0.39 is 5.63 Å². The highest BCUT2D eigenvalue weighted by Gasteiger charge is 2.22. The summed E-state index contributed by atoms with van der Waals surface area (Å²) in [6.07, 6.45) is 0. The minimum atomic E-state index is -0.478. The van der Waals surface area contributed by atoms with Crippen molar-refractivity contribution in [2.75, 3.05) is 5.32 Å². The van der Waals surface area contributed by atoms with Gasteiger partial charge >= 0.3 is 5.63 Å². The Morgan fingerprint density at radius 1 is 0.839 bits per heavy atom. The number of amides is 1. The number of fused-ring (bicyclic) bond motifs is 2. The Morgan fingerprint density at radius 3 is 2.39 bits per heavy atom. The van der Waals surface area contributed by atoms with Crippen LogP contribution in [0.15, 0.2) is 86.4 Å². The third-order valence-corrected chi connectivity index (χ3v) is 5.30. The third-order valence-electron chi connectivity index (χ3n) is 5.30. The van der Waals surface area contributed by atoms with Crippen molar-refractivity contribution >= 4 is 33.5 Å². The molecule has 5 rings (SSSR count). The fourth-order valence-electron chi connectivity index (χ4n) is 4.00. The molecule has 0 saturated heterocycles. The Morgan fingerprint density at radius 2 is 1.58 bits per heavy atom. The standard InChI is InChI=1S/C26H19NO4/c1-15-12-16(2)23-19(14-22(28)30-21(23)13-15)25-24(18-10-6-7-11-20(18)31-25)27-26(29)17-8-4-3-5-9-17/h3-14H,1-2H3,(H,27,29). The van der Waals surface area contributed by atoms with Gasteiger partial charge < -0.3 is 14.2 Å². The molecule has 2 heterocycles. The predicted molar refractivity (Wildman–Crippen MR) is 122 cm³/mol. The van der Waals surface area contributed by atoms with Crippen molar-refractivity contribution < 1.29 is 13.6 Å². The number of benzene rings is 3. The van der Waals surface area contributed by atoms with E-state index in [4.69, 9.17) is 8.83 Å². The first kappa shape index (κ1) is 18.9. The van der Waals surface area contributed by atoms with Crippen LogP contribution < -0.4 is 10.9 Å². The zero-order chi connectivity index (χ0) is 21.5. The molecular formula is C26H19NO4. The smallest absolute Gasteiger partial charge is 0.336 e. The van der Waals surface area contributed by atoms with Gasteiger partial charge in [-0.15, -0.1) is 0 Å². The van der Waals surface area contributed by atoms with Crippen LogP contribution in [0.4, 0.5) is 5.69 Å². The number of aryl methyl sites for hydroxylation is 2. The van der Waals surface area contributed by atoms with Crippen LogP contribution in [0, 0.1) is 13.8 Å². The number of para-hydroxylation sites is 1. The van der Waals surface area contributed by atoms with Gasteiger partial charge in [-0.1, -0.05) is 36.4 Å². The fourth-order valence-corrected chi connectivity index (χ4v) is 4.00. The van der Waals surface area contributed by atoms with E-state index in [0.717, 1.165) is 21.9 Å². The zero-order valence-electron chi connectivity index (χ0n) is 17.1. The van der Waals surface area contributed by atoms with Gasteiger partial charge in [0.1, 0.15) is 11.2 Å². The lowest BCUT2D eigenvalue weighted by molar-refractivity contribution is 0.102. The first-order chi connectivity index (χ1) is 15.0. The van der Waals surface area contributed by atoms with Gasteiger partial charge in [-0.25, -0.2) is 4.79 Å². The zero-order valence-corrected chi connectivity index (χ0v) is 17.1. The van der Waals surface area contributed by atoms with Crippen LogP contribution in [0.25, 0.3) is 33.3 Å². The van der Waals surface area contributed by atoms with Gasteiger partial charge in [-0.2, -0.15) is 0 Å². The molecule has 1 N–H and O–H groups in total. The monoisotopic (exact) mass is 409 g/mol. The molecule has 1 amide bonds. The lowest BCUT2D eigenvalue weighted by Crippen LogP contribution is -2.12. The van der Waals surface area contributed by atoms with Crippen molar-refractivity contribution in [1.82, 2.24) is 0 Å². The molecule has 0 radical (unpaired) electrons. The lowest BCUT2D eigenvalue weighted by Gasteiger charge is -2.10. The molecule has 3 aromatic carbocycles. The van der Waals surface area contributed by atoms with E-state index in [1.165, 1.54) is 6.07 Å². The average Bonchev–Trinajstić information content (AvgIpc) is 3.11. The molecule has 0 aliphatic carbocycles. The van der Waals surface area contributed by atoms with E-state index in [9.17, 15) is 9.59 Å². The molecule has 0 atom stereocenters. The molecule has 0 aliphatic rings. The van der Waals surface area contributed by atoms with Crippen molar-refractivity contribution in [2.45, 2.75) is 13.8 Å². The highest BCUT2D eigenvalue weighted by Crippen LogP contribution is 2.41. The number of carbonyl (C=O) groups excluding carboxylic acids is 1. The Kier molecular flexibility index (Phi) is 4.44. The largest absolute Gasteiger partial charge is 0.454 e. The number of carbonyl (C=O) groups is 1. The normalized spacial score (nSPS) is 11.2. The lowest BCUT2D eigenvalue weighted by atomic mass is 10.00. The molecule has 5 heteroatoms. The summed E-state index contributed by atoms with van der Waals surface area (Å²) in [6, 6.07) is 21.7. The second-order valence-corrected chi connectivity index (χ2v) is 7.56. The Balaban J connectivity index is 1.78. The van der Waals surface area contributed by atoms with Crippen LogP contribution >= 0.6 is 0 Å². The second-order valence-electron chi connectivity index (χ2n) is 7.56. The van der Waals surface area contributed by atoms with E-state index in [1.807, 2.05) is 68.4 Å². The molecule has 0 unspecified atom stereocenters. The molecule has 31 heavy (non-hydrogen) atoms. The quantitative estimate of drug-likeness (QED) is 0.367. The van der Waals surface area contributed by atoms with Gasteiger partial charge in [0.2, 0.25) is 0 Å². The van der Waals surface area contributed by atoms with Crippen molar-refractivity contribution in [3.8, 4) is 11.3 Å². The van der Waals surface area contributed by atoms with E-state index in [-0.39, 0.29) is 5.91 Å². The summed E-state index contributed by atoms with van der Waals surface area (Å²) >= 11 is 0. The SMILES string of the molecule is Cc1cc(C)c2c(-c3oc4ccccc4c3NC(=O)c3ccccc3)cc(=O)oc2c1. The van der Waals surface area contributed by atoms with Crippen molar-refractivity contribution in [3.05, 3.63) is 99.9 Å². The van der Waals surface area contributed by atoms with Crippen molar-refractivity contribution in [1.29, 1.82) is 0 Å². The molecule has 0 saturated carbocycles. The third kappa shape index (κ3) is 3.30. The minimum Gasteiger partial charge on any atom is -0.454 e. The first-order valence-corrected chi connectivity index (χ1v) is 9.94. The van der Waals surface area contributed by atoms with Gasteiger partial charge in [-0.3, -0.25) is 4.79 Å². The van der Waals surface area contributed by atoms with E-state index in [0.29, 0.717) is 33.7 Å². The highest BCUT2D eigenvalue weighted by molar-refractivity contribution is 6.13. The maximum atomic E-state index is 12.9. The summed E-state index contributed by atoms with van der Waals surface area (Å²) in [4.78, 5) is 25.3. The first-order valence-electron chi connectivity index (χ1n) is 9.94. The van der Waals surface area contributed by atoms with E-state index in [1.54, 1.807) is 12.1 Å². The molecule has 2 aromatic heterocycles. The van der Waals surface area contributed by atoms with Crippen LogP contribution in [-0.2, 0) is 0 Å². The fraction of sp³-hybridized carbons (Fsp3) is 0.0769. The molecule has 5 aromatic rings. The molecule has 0 bridgehead atoms. The Labute approximate surface area is 177 Å². The number of hydrogen-bond acceptors (Lipinski definition) is 4. The minimum absolute atomic E-state index is 0.256. The van der Waals surface area contributed by atoms with Gasteiger partial charge in [-0.05, 0) is 55.3 Å². The van der Waals surface area contributed by atoms with Crippen LogP contribution in [-0.4, -0.2) is 5.91 Å². The second kappa shape index (κ2) is 7.29. The maximum Gasteiger partial charge on any atom is 0.336 e. The van der Waals surface area contributed by atoms with Crippen LogP contribution in [0.5, 0.6) is 0 Å². The molecule has 152 valence electrons. The average molecular weight is 409 g/mol. The number of anilines is 1. The molecular weight excluding hydrogens is 390 g/mol. The number of hydrogen-bond donors (Lipinski definition) is 1. The van der Waals surface area contributed by atoms with Crippen molar-refractivity contribution in [3.63, 3.8) is 0 Å². The number of furan rings is 1. The molecule has 0 spiro atoms. The Hall–Kier alpha value is -4.12. The Bertz CT molecular complexity index is 1510. The number of rotatable bonds is 3. The highest BCUT2D eigenvalue weighted by atomic mass is 16.4. The summed E-state index contributed by atoms with van der Waals surface area (Å²) in [7, 11) is 0. The van der Waals surface area contributed by atoms with Crippen LogP contribution in [0.3, 0.4) is 0 Å². The molecule has 5 nitrogen and oxygen atoms in total. The van der Waals surface area contributed by atoms with Gasteiger partial charge in [0.25, 0.3) is 5.91 Å². The van der Waals surface area contributed by atoms with E-state index >= 15 is 0 Å². The van der Waals surface area contributed by atoms with Gasteiger partial charge in [0, 0.05) is 28.0 Å². The van der Waals surface area contributed by atoms with Gasteiger partial charge in [0.05, 0.1) is 5.69 Å². The van der Waals surface area contributed by atoms with Crippen LogP contribution in [0.2, 0.25) is 0 Å². The molecule has 0 aliphatic heterocycles. The summed E-state index contributed by atoms with van der Waals surface area (Å²) in [5.74, 6) is 0.170. The van der Waals surface area contributed by atoms with E-state index in [2.05, 4.69) is 5.32 Å².